The van der Waals surface area contributed by atoms with Crippen LogP contribution in [0, 0.1) is 0 Å². The second-order valence-corrected chi connectivity index (χ2v) is 6.87. The van der Waals surface area contributed by atoms with E-state index >= 15 is 0 Å². The van der Waals surface area contributed by atoms with Crippen molar-refractivity contribution in [1.82, 2.24) is 9.71 Å². The molecule has 2 N–H and O–H groups in total. The Balaban J connectivity index is 1.98. The molecule has 8 heteroatoms. The summed E-state index contributed by atoms with van der Waals surface area (Å²) in [6, 6.07) is 4.77. The molecule has 2 aromatic heterocycles. The lowest BCUT2D eigenvalue weighted by Crippen LogP contribution is -2.25. The van der Waals surface area contributed by atoms with Crippen molar-refractivity contribution >= 4 is 27.3 Å². The molecule has 0 amide bonds. The number of nitrogens with zero attached hydrogens (tertiary/aromatic N) is 1. The SMILES string of the molecule is O=C(O)c1csc(S(=O)(=O)NCCc2ccncc2)c1. The van der Waals surface area contributed by atoms with Gasteiger partial charge in [-0.05, 0) is 30.2 Å². The normalized spacial score (nSPS) is 11.4. The third kappa shape index (κ3) is 3.62. The van der Waals surface area contributed by atoms with Crippen LogP contribution in [0.4, 0.5) is 0 Å². The zero-order valence-electron chi connectivity index (χ0n) is 10.3. The van der Waals surface area contributed by atoms with Gasteiger partial charge in [0, 0.05) is 24.3 Å². The number of carboxylic acid groups (broad SMARTS) is 1. The summed E-state index contributed by atoms with van der Waals surface area (Å²) in [7, 11) is -3.65. The predicted octanol–water partition coefficient (Wildman–Crippen LogP) is 1.36. The fourth-order valence-electron chi connectivity index (χ4n) is 1.52. The van der Waals surface area contributed by atoms with Gasteiger partial charge in [0.15, 0.2) is 0 Å². The van der Waals surface area contributed by atoms with Gasteiger partial charge in [0.1, 0.15) is 4.21 Å². The number of carbonyl (C=O) groups is 1. The molecule has 0 unspecified atom stereocenters. The number of nitrogens with one attached hydrogen (secondary N) is 1. The van der Waals surface area contributed by atoms with E-state index in [2.05, 4.69) is 9.71 Å². The van der Waals surface area contributed by atoms with Crippen LogP contribution in [0.3, 0.4) is 0 Å². The van der Waals surface area contributed by atoms with Gasteiger partial charge in [0.2, 0.25) is 10.0 Å². The molecular formula is C12H12N2O4S2. The van der Waals surface area contributed by atoms with Crippen LogP contribution in [0.2, 0.25) is 0 Å². The van der Waals surface area contributed by atoms with Gasteiger partial charge in [-0.3, -0.25) is 4.98 Å². The van der Waals surface area contributed by atoms with Crippen LogP contribution in [-0.4, -0.2) is 31.0 Å². The Morgan fingerprint density at radius 2 is 2.05 bits per heavy atom. The summed E-state index contributed by atoms with van der Waals surface area (Å²) >= 11 is 0.890. The molecule has 0 radical (unpaired) electrons. The summed E-state index contributed by atoms with van der Waals surface area (Å²) in [5.41, 5.74) is 0.949. The number of hydrogen-bond donors (Lipinski definition) is 2. The van der Waals surface area contributed by atoms with E-state index in [9.17, 15) is 13.2 Å². The summed E-state index contributed by atoms with van der Waals surface area (Å²) in [6.45, 7) is 0.243. The van der Waals surface area contributed by atoms with Crippen molar-refractivity contribution in [2.75, 3.05) is 6.54 Å². The molecule has 2 rings (SSSR count). The van der Waals surface area contributed by atoms with Crippen LogP contribution in [-0.2, 0) is 16.4 Å². The average Bonchev–Trinajstić information content (AvgIpc) is 2.90. The largest absolute Gasteiger partial charge is 0.478 e. The molecule has 0 saturated carbocycles. The third-order valence-corrected chi connectivity index (χ3v) is 5.44. The first kappa shape index (κ1) is 14.6. The minimum absolute atomic E-state index is 0.00429. The lowest BCUT2D eigenvalue weighted by atomic mass is 10.2. The summed E-state index contributed by atoms with van der Waals surface area (Å²) in [4.78, 5) is 14.6. The second-order valence-electron chi connectivity index (χ2n) is 3.96. The van der Waals surface area contributed by atoms with Gasteiger partial charge in [0.05, 0.1) is 5.56 Å². The van der Waals surface area contributed by atoms with E-state index in [0.29, 0.717) is 6.42 Å². The van der Waals surface area contributed by atoms with Crippen LogP contribution in [0.25, 0.3) is 0 Å². The van der Waals surface area contributed by atoms with Crippen molar-refractivity contribution in [2.45, 2.75) is 10.6 Å². The third-order valence-electron chi connectivity index (χ3n) is 2.54. The van der Waals surface area contributed by atoms with Crippen molar-refractivity contribution in [3.8, 4) is 0 Å². The summed E-state index contributed by atoms with van der Waals surface area (Å²) in [6.07, 6.45) is 3.82. The molecule has 106 valence electrons. The highest BCUT2D eigenvalue weighted by Gasteiger charge is 2.18. The molecule has 0 saturated heterocycles. The highest BCUT2D eigenvalue weighted by atomic mass is 32.2. The Bertz CT molecular complexity index is 695. The second kappa shape index (κ2) is 6.12. The van der Waals surface area contributed by atoms with Crippen LogP contribution in [0.15, 0.2) is 40.2 Å². The van der Waals surface area contributed by atoms with Gasteiger partial charge in [-0.1, -0.05) is 0 Å². The van der Waals surface area contributed by atoms with Crippen molar-refractivity contribution in [3.63, 3.8) is 0 Å². The number of rotatable bonds is 6. The maximum atomic E-state index is 12.0. The average molecular weight is 312 g/mol. The maximum Gasteiger partial charge on any atom is 0.336 e. The van der Waals surface area contributed by atoms with Crippen molar-refractivity contribution in [2.24, 2.45) is 0 Å². The first-order chi connectivity index (χ1) is 9.49. The molecule has 0 aliphatic heterocycles. The standard InChI is InChI=1S/C12H12N2O4S2/c15-12(16)10-7-11(19-8-10)20(17,18)14-6-3-9-1-4-13-5-2-9/h1-2,4-5,7-8,14H,3,6H2,(H,15,16). The van der Waals surface area contributed by atoms with E-state index in [0.717, 1.165) is 23.0 Å². The van der Waals surface area contributed by atoms with E-state index in [4.69, 9.17) is 5.11 Å². The lowest BCUT2D eigenvalue weighted by Gasteiger charge is -2.04. The minimum atomic E-state index is -3.65. The van der Waals surface area contributed by atoms with Gasteiger partial charge in [-0.15, -0.1) is 11.3 Å². The fraction of sp³-hybridized carbons (Fsp3) is 0.167. The van der Waals surface area contributed by atoms with Gasteiger partial charge >= 0.3 is 5.97 Å². The molecule has 0 spiro atoms. The molecule has 6 nitrogen and oxygen atoms in total. The van der Waals surface area contributed by atoms with Crippen molar-refractivity contribution in [3.05, 3.63) is 47.1 Å². The molecular weight excluding hydrogens is 300 g/mol. The molecule has 2 heterocycles. The number of carboxylic acids is 1. The molecule has 0 bridgehead atoms. The molecule has 20 heavy (non-hydrogen) atoms. The zero-order valence-corrected chi connectivity index (χ0v) is 11.9. The summed E-state index contributed by atoms with van der Waals surface area (Å²) in [5, 5.41) is 10.1. The predicted molar refractivity (Wildman–Crippen MR) is 74.4 cm³/mol. The number of hydrogen-bond acceptors (Lipinski definition) is 5. The number of aromatic carboxylic acids is 1. The quantitative estimate of drug-likeness (QED) is 0.839. The monoisotopic (exact) mass is 312 g/mol. The molecule has 2 aromatic rings. The van der Waals surface area contributed by atoms with Crippen LogP contribution in [0.1, 0.15) is 15.9 Å². The number of sulfonamides is 1. The minimum Gasteiger partial charge on any atom is -0.478 e. The smallest absolute Gasteiger partial charge is 0.336 e. The number of thiophene rings is 1. The zero-order chi connectivity index (χ0) is 14.6. The molecule has 0 atom stereocenters. The van der Waals surface area contributed by atoms with E-state index in [1.165, 1.54) is 5.38 Å². The van der Waals surface area contributed by atoms with Gasteiger partial charge in [-0.2, -0.15) is 0 Å². The topological polar surface area (TPSA) is 96.4 Å². The molecule has 0 aliphatic carbocycles. The first-order valence-corrected chi connectivity index (χ1v) is 8.06. The Morgan fingerprint density at radius 1 is 1.35 bits per heavy atom. The molecule has 0 fully saturated rings. The van der Waals surface area contributed by atoms with Gasteiger partial charge in [0.25, 0.3) is 0 Å². The highest BCUT2D eigenvalue weighted by molar-refractivity contribution is 7.91. The van der Waals surface area contributed by atoms with Crippen LogP contribution in [0.5, 0.6) is 0 Å². The van der Waals surface area contributed by atoms with Crippen molar-refractivity contribution < 1.29 is 18.3 Å². The van der Waals surface area contributed by atoms with E-state index in [1.54, 1.807) is 12.4 Å². The fourth-order valence-corrected chi connectivity index (χ4v) is 3.75. The number of aromatic nitrogens is 1. The van der Waals surface area contributed by atoms with Crippen LogP contribution >= 0.6 is 11.3 Å². The van der Waals surface area contributed by atoms with E-state index in [-0.39, 0.29) is 16.3 Å². The van der Waals surface area contributed by atoms with E-state index < -0.39 is 16.0 Å². The van der Waals surface area contributed by atoms with Gasteiger partial charge in [-0.25, -0.2) is 17.9 Å². The van der Waals surface area contributed by atoms with Crippen molar-refractivity contribution in [1.29, 1.82) is 0 Å². The van der Waals surface area contributed by atoms with Gasteiger partial charge < -0.3 is 5.11 Å². The van der Waals surface area contributed by atoms with E-state index in [1.807, 2.05) is 12.1 Å². The highest BCUT2D eigenvalue weighted by Crippen LogP contribution is 2.19. The maximum absolute atomic E-state index is 12.0. The molecule has 0 aromatic carbocycles. The first-order valence-electron chi connectivity index (χ1n) is 5.69. The summed E-state index contributed by atoms with van der Waals surface area (Å²) in [5.74, 6) is -1.14. The summed E-state index contributed by atoms with van der Waals surface area (Å²) < 4.78 is 26.4. The Labute approximate surface area is 120 Å². The Kier molecular flexibility index (Phi) is 4.48. The number of pyridine rings is 1. The lowest BCUT2D eigenvalue weighted by molar-refractivity contribution is 0.0697. The Morgan fingerprint density at radius 3 is 2.65 bits per heavy atom. The molecule has 0 aliphatic rings. The Hall–Kier alpha value is -1.77. The van der Waals surface area contributed by atoms with Crippen LogP contribution < -0.4 is 4.72 Å².